The standard InChI is InChI=1S/C13H16ClNO2S/c14-12-4-2-1-3-10(12)8-15-5-6-18-9-11(15)7-13(16)17/h1-4,11H,5-9H2,(H,16,17). The smallest absolute Gasteiger partial charge is 0.304 e. The van der Waals surface area contributed by atoms with Gasteiger partial charge in [0.1, 0.15) is 0 Å². The third kappa shape index (κ3) is 3.64. The highest BCUT2D eigenvalue weighted by atomic mass is 35.5. The molecule has 1 heterocycles. The lowest BCUT2D eigenvalue weighted by atomic mass is 10.1. The molecule has 1 aliphatic rings. The van der Waals surface area contributed by atoms with E-state index in [0.29, 0.717) is 0 Å². The minimum absolute atomic E-state index is 0.109. The van der Waals surface area contributed by atoms with Crippen LogP contribution in [0.1, 0.15) is 12.0 Å². The van der Waals surface area contributed by atoms with Crippen molar-refractivity contribution >= 4 is 29.3 Å². The topological polar surface area (TPSA) is 40.5 Å². The first-order chi connectivity index (χ1) is 8.66. The third-order valence-corrected chi connectivity index (χ3v) is 4.55. The molecule has 18 heavy (non-hydrogen) atoms. The molecule has 1 unspecified atom stereocenters. The average Bonchev–Trinajstić information content (AvgIpc) is 2.34. The van der Waals surface area contributed by atoms with Crippen LogP contribution in [0.5, 0.6) is 0 Å². The first-order valence-electron chi connectivity index (χ1n) is 5.94. The van der Waals surface area contributed by atoms with Crippen LogP contribution in [0.4, 0.5) is 0 Å². The molecule has 1 atom stereocenters. The van der Waals surface area contributed by atoms with E-state index in [1.807, 2.05) is 36.0 Å². The number of benzene rings is 1. The lowest BCUT2D eigenvalue weighted by Crippen LogP contribution is -2.43. The van der Waals surface area contributed by atoms with E-state index in [2.05, 4.69) is 4.90 Å². The number of halogens is 1. The fourth-order valence-corrected chi connectivity index (χ4v) is 3.46. The summed E-state index contributed by atoms with van der Waals surface area (Å²) in [6, 6.07) is 7.86. The van der Waals surface area contributed by atoms with Gasteiger partial charge in [0.2, 0.25) is 0 Å². The van der Waals surface area contributed by atoms with Gasteiger partial charge in [-0.2, -0.15) is 11.8 Å². The Kier molecular flexibility index (Phi) is 4.92. The van der Waals surface area contributed by atoms with Crippen molar-refractivity contribution in [3.63, 3.8) is 0 Å². The molecule has 2 rings (SSSR count). The number of carbonyl (C=O) groups is 1. The highest BCUT2D eigenvalue weighted by Gasteiger charge is 2.25. The average molecular weight is 286 g/mol. The molecule has 0 aliphatic carbocycles. The van der Waals surface area contributed by atoms with E-state index in [4.69, 9.17) is 16.7 Å². The van der Waals surface area contributed by atoms with Gasteiger partial charge in [0.25, 0.3) is 0 Å². The SMILES string of the molecule is O=C(O)CC1CSCCN1Cc1ccccc1Cl. The second kappa shape index (κ2) is 6.45. The van der Waals surface area contributed by atoms with Crippen LogP contribution >= 0.6 is 23.4 Å². The van der Waals surface area contributed by atoms with Crippen molar-refractivity contribution in [3.05, 3.63) is 34.9 Å². The molecule has 5 heteroatoms. The highest BCUT2D eigenvalue weighted by molar-refractivity contribution is 7.99. The number of carboxylic acids is 1. The van der Waals surface area contributed by atoms with Crippen LogP contribution in [0.15, 0.2) is 24.3 Å². The summed E-state index contributed by atoms with van der Waals surface area (Å²) in [6.07, 6.45) is 0.206. The van der Waals surface area contributed by atoms with E-state index >= 15 is 0 Å². The van der Waals surface area contributed by atoms with Gasteiger partial charge < -0.3 is 5.11 Å². The van der Waals surface area contributed by atoms with Crippen molar-refractivity contribution in [2.45, 2.75) is 19.0 Å². The summed E-state index contributed by atoms with van der Waals surface area (Å²) in [4.78, 5) is 13.1. The maximum atomic E-state index is 10.9. The minimum atomic E-state index is -0.730. The number of carboxylic acid groups (broad SMARTS) is 1. The van der Waals surface area contributed by atoms with Crippen molar-refractivity contribution < 1.29 is 9.90 Å². The summed E-state index contributed by atoms with van der Waals surface area (Å²) in [7, 11) is 0. The predicted molar refractivity (Wildman–Crippen MR) is 75.2 cm³/mol. The Morgan fingerprint density at radius 2 is 2.28 bits per heavy atom. The second-order valence-corrected chi connectivity index (χ2v) is 5.95. The molecule has 1 aromatic rings. The van der Waals surface area contributed by atoms with Crippen LogP contribution in [-0.4, -0.2) is 40.1 Å². The first-order valence-corrected chi connectivity index (χ1v) is 7.47. The number of hydrogen-bond donors (Lipinski definition) is 1. The zero-order valence-corrected chi connectivity index (χ0v) is 11.6. The Balaban J connectivity index is 2.05. The van der Waals surface area contributed by atoms with Crippen LogP contribution in [0.2, 0.25) is 5.02 Å². The van der Waals surface area contributed by atoms with Gasteiger partial charge in [-0.3, -0.25) is 9.69 Å². The molecule has 1 aromatic carbocycles. The van der Waals surface area contributed by atoms with Crippen molar-refractivity contribution in [2.75, 3.05) is 18.1 Å². The molecule has 0 radical (unpaired) electrons. The second-order valence-electron chi connectivity index (χ2n) is 4.39. The molecule has 3 nitrogen and oxygen atoms in total. The minimum Gasteiger partial charge on any atom is -0.481 e. The molecular formula is C13H16ClNO2S. The van der Waals surface area contributed by atoms with Gasteiger partial charge in [-0.05, 0) is 11.6 Å². The van der Waals surface area contributed by atoms with Gasteiger partial charge in [-0.15, -0.1) is 0 Å². The quantitative estimate of drug-likeness (QED) is 0.923. The molecule has 98 valence electrons. The summed E-state index contributed by atoms with van der Waals surface area (Å²) in [5, 5.41) is 9.70. The molecule has 0 bridgehead atoms. The Bertz CT molecular complexity index is 427. The maximum Gasteiger partial charge on any atom is 0.304 e. The molecule has 0 saturated carbocycles. The fourth-order valence-electron chi connectivity index (χ4n) is 2.13. The van der Waals surface area contributed by atoms with Crippen molar-refractivity contribution in [1.29, 1.82) is 0 Å². The molecule has 1 saturated heterocycles. The number of hydrogen-bond acceptors (Lipinski definition) is 3. The van der Waals surface area contributed by atoms with Crippen molar-refractivity contribution in [1.82, 2.24) is 4.90 Å². The zero-order valence-electron chi connectivity index (χ0n) is 10.0. The Labute approximate surface area is 116 Å². The third-order valence-electron chi connectivity index (χ3n) is 3.09. The van der Waals surface area contributed by atoms with E-state index in [1.165, 1.54) is 0 Å². The van der Waals surface area contributed by atoms with Crippen LogP contribution in [-0.2, 0) is 11.3 Å². The molecule has 0 spiro atoms. The van der Waals surface area contributed by atoms with Crippen molar-refractivity contribution in [3.8, 4) is 0 Å². The molecular weight excluding hydrogens is 270 g/mol. The fraction of sp³-hybridized carbons (Fsp3) is 0.462. The van der Waals surface area contributed by atoms with E-state index in [0.717, 1.165) is 35.2 Å². The predicted octanol–water partition coefficient (Wildman–Crippen LogP) is 2.73. The Hall–Kier alpha value is -0.710. The zero-order chi connectivity index (χ0) is 13.0. The largest absolute Gasteiger partial charge is 0.481 e. The Morgan fingerprint density at radius 1 is 1.50 bits per heavy atom. The van der Waals surface area contributed by atoms with Crippen LogP contribution < -0.4 is 0 Å². The number of rotatable bonds is 4. The van der Waals surface area contributed by atoms with E-state index in [-0.39, 0.29) is 12.5 Å². The Morgan fingerprint density at radius 3 is 3.00 bits per heavy atom. The summed E-state index contributed by atoms with van der Waals surface area (Å²) >= 11 is 7.97. The molecule has 1 N–H and O–H groups in total. The number of aliphatic carboxylic acids is 1. The maximum absolute atomic E-state index is 10.9. The van der Waals surface area contributed by atoms with Gasteiger partial charge in [-0.1, -0.05) is 29.8 Å². The summed E-state index contributed by atoms with van der Waals surface area (Å²) in [6.45, 7) is 1.66. The molecule has 1 aliphatic heterocycles. The summed E-state index contributed by atoms with van der Waals surface area (Å²) in [5.74, 6) is 1.21. The lowest BCUT2D eigenvalue weighted by Gasteiger charge is -2.34. The van der Waals surface area contributed by atoms with Crippen molar-refractivity contribution in [2.24, 2.45) is 0 Å². The first kappa shape index (κ1) is 13.7. The van der Waals surface area contributed by atoms with Gasteiger partial charge in [0, 0.05) is 35.7 Å². The summed E-state index contributed by atoms with van der Waals surface area (Å²) < 4.78 is 0. The lowest BCUT2D eigenvalue weighted by molar-refractivity contribution is -0.138. The van der Waals surface area contributed by atoms with Gasteiger partial charge in [-0.25, -0.2) is 0 Å². The number of nitrogens with zero attached hydrogens (tertiary/aromatic N) is 1. The highest BCUT2D eigenvalue weighted by Crippen LogP contribution is 2.24. The monoisotopic (exact) mass is 285 g/mol. The molecule has 0 amide bonds. The molecule has 1 fully saturated rings. The van der Waals surface area contributed by atoms with E-state index in [9.17, 15) is 4.79 Å². The van der Waals surface area contributed by atoms with Crippen LogP contribution in [0.3, 0.4) is 0 Å². The van der Waals surface area contributed by atoms with Gasteiger partial charge >= 0.3 is 5.97 Å². The van der Waals surface area contributed by atoms with Crippen LogP contribution in [0.25, 0.3) is 0 Å². The number of thioether (sulfide) groups is 1. The van der Waals surface area contributed by atoms with Gasteiger partial charge in [0.15, 0.2) is 0 Å². The molecule has 0 aromatic heterocycles. The van der Waals surface area contributed by atoms with E-state index in [1.54, 1.807) is 0 Å². The normalized spacial score (nSPS) is 20.8. The van der Waals surface area contributed by atoms with E-state index < -0.39 is 5.97 Å². The summed E-state index contributed by atoms with van der Waals surface area (Å²) in [5.41, 5.74) is 1.07. The van der Waals surface area contributed by atoms with Crippen LogP contribution in [0, 0.1) is 0 Å². The van der Waals surface area contributed by atoms with Gasteiger partial charge in [0.05, 0.1) is 6.42 Å².